The SMILES string of the molecule is CC1(C)CCOc2c(Nc3nccc(-c4cc(C#N)c5c(c4)[C@@](C)(CO[Si](C)(C)C(C)(C)C)CN5[B]C=O)n3)cnn21. The first-order valence-corrected chi connectivity index (χ1v) is 17.2. The van der Waals surface area contributed by atoms with Crippen LogP contribution in [0.15, 0.2) is 30.6 Å². The Morgan fingerprint density at radius 1 is 1.29 bits per heavy atom. The van der Waals surface area contributed by atoms with E-state index in [9.17, 15) is 10.1 Å². The molecule has 0 spiro atoms. The van der Waals surface area contributed by atoms with Crippen LogP contribution < -0.4 is 14.9 Å². The number of benzene rings is 1. The molecule has 5 rings (SSSR count). The maximum atomic E-state index is 11.6. The molecule has 0 unspecified atom stereocenters. The summed E-state index contributed by atoms with van der Waals surface area (Å²) in [6.07, 6.45) is 5.06. The zero-order valence-corrected chi connectivity index (χ0v) is 26.8. The first-order valence-electron chi connectivity index (χ1n) is 14.3. The second-order valence-electron chi connectivity index (χ2n) is 13.6. The van der Waals surface area contributed by atoms with E-state index >= 15 is 0 Å². The van der Waals surface area contributed by atoms with E-state index in [0.717, 1.165) is 29.4 Å². The molecule has 2 aromatic heterocycles. The second kappa shape index (κ2) is 10.5. The number of aromatic nitrogens is 4. The predicted molar refractivity (Wildman–Crippen MR) is 167 cm³/mol. The molecule has 0 saturated carbocycles. The second-order valence-corrected chi connectivity index (χ2v) is 18.4. The van der Waals surface area contributed by atoms with Crippen LogP contribution in [0.25, 0.3) is 11.3 Å². The Labute approximate surface area is 249 Å². The van der Waals surface area contributed by atoms with Crippen molar-refractivity contribution in [2.45, 2.75) is 77.0 Å². The highest BCUT2D eigenvalue weighted by Gasteiger charge is 2.44. The number of ether oxygens (including phenoxy) is 1. The van der Waals surface area contributed by atoms with Crippen LogP contribution in [0.3, 0.4) is 0 Å². The molecule has 0 amide bonds. The minimum Gasteiger partial charge on any atom is -0.476 e. The molecule has 1 N–H and O–H groups in total. The largest absolute Gasteiger partial charge is 0.476 e. The summed E-state index contributed by atoms with van der Waals surface area (Å²) in [5.41, 5.74) is 3.74. The van der Waals surface area contributed by atoms with Crippen LogP contribution in [0.1, 0.15) is 59.1 Å². The molecule has 1 atom stereocenters. The quantitative estimate of drug-likeness (QED) is 0.275. The van der Waals surface area contributed by atoms with Gasteiger partial charge in [-0.3, -0.25) is 0 Å². The van der Waals surface area contributed by atoms with Gasteiger partial charge in [-0.05, 0) is 55.7 Å². The number of anilines is 3. The fourth-order valence-corrected chi connectivity index (χ4v) is 6.37. The predicted octanol–water partition coefficient (Wildman–Crippen LogP) is 5.38. The summed E-state index contributed by atoms with van der Waals surface area (Å²) in [5.74, 6) is 1.06. The third-order valence-electron chi connectivity index (χ3n) is 8.93. The van der Waals surface area contributed by atoms with Gasteiger partial charge in [0.1, 0.15) is 17.9 Å². The number of carbonyl (C=O) groups excluding carboxylic acids is 1. The molecule has 10 nitrogen and oxygen atoms in total. The number of nitriles is 1. The van der Waals surface area contributed by atoms with Gasteiger partial charge >= 0.3 is 7.41 Å². The minimum atomic E-state index is -2.05. The van der Waals surface area contributed by atoms with Crippen molar-refractivity contribution in [3.8, 4) is 23.2 Å². The number of hydrogen-bond acceptors (Lipinski definition) is 9. The first kappa shape index (κ1) is 29.8. The molecule has 219 valence electrons. The van der Waals surface area contributed by atoms with E-state index in [0.29, 0.717) is 48.5 Å². The molecule has 4 heterocycles. The van der Waals surface area contributed by atoms with Crippen molar-refractivity contribution in [1.82, 2.24) is 19.7 Å². The van der Waals surface area contributed by atoms with Gasteiger partial charge in [-0.2, -0.15) is 10.4 Å². The molecular weight excluding hydrogens is 545 g/mol. The Balaban J connectivity index is 1.51. The van der Waals surface area contributed by atoms with Gasteiger partial charge in [0.2, 0.25) is 11.8 Å². The highest BCUT2D eigenvalue weighted by molar-refractivity contribution is 6.74. The summed E-state index contributed by atoms with van der Waals surface area (Å²) in [5, 5.41) is 18.1. The normalized spacial score (nSPS) is 19.4. The molecular formula is C30H39BN7O3Si. The Morgan fingerprint density at radius 3 is 2.74 bits per heavy atom. The molecule has 42 heavy (non-hydrogen) atoms. The van der Waals surface area contributed by atoms with Crippen LogP contribution in [0, 0.1) is 11.3 Å². The zero-order valence-electron chi connectivity index (χ0n) is 25.8. The summed E-state index contributed by atoms with van der Waals surface area (Å²) in [7, 11) is -0.549. The highest BCUT2D eigenvalue weighted by atomic mass is 28.4. The molecule has 1 radical (unpaired) electrons. The standard InChI is InChI=1S/C30H39BN7O3Si/c1-28(2,3)42(7,8)41-18-30(6)17-37(31-19-39)25-21(15-32)13-20(14-22(25)30)23-9-11-33-27(35-23)36-24-16-34-38-26(24)40-12-10-29(38,4)5/h9,11,13-14,16,19H,10,12,17-18H2,1-8H3,(H,33,35,36)/t30-/m1/s1. The molecule has 0 fully saturated rings. The summed E-state index contributed by atoms with van der Waals surface area (Å²) in [6.45, 7) is 19.1. The monoisotopic (exact) mass is 584 g/mol. The third kappa shape index (κ3) is 5.31. The molecule has 0 saturated heterocycles. The van der Waals surface area contributed by atoms with Gasteiger partial charge in [-0.25, -0.2) is 14.6 Å². The minimum absolute atomic E-state index is 0.0548. The fourth-order valence-electron chi connectivity index (χ4n) is 5.25. The van der Waals surface area contributed by atoms with Gasteiger partial charge in [0.15, 0.2) is 8.32 Å². The van der Waals surface area contributed by atoms with E-state index in [1.54, 1.807) is 12.4 Å². The topological polar surface area (TPSA) is 118 Å². The average Bonchev–Trinajstić information content (AvgIpc) is 3.46. The van der Waals surface area contributed by atoms with Crippen molar-refractivity contribution in [1.29, 1.82) is 5.26 Å². The number of fused-ring (bicyclic) bond motifs is 2. The first-order chi connectivity index (χ1) is 19.7. The van der Waals surface area contributed by atoms with E-state index < -0.39 is 13.7 Å². The number of hydrogen-bond donors (Lipinski definition) is 1. The lowest BCUT2D eigenvalue weighted by molar-refractivity contribution is 0.139. The molecule has 12 heteroatoms. The van der Waals surface area contributed by atoms with Gasteiger partial charge in [-0.15, -0.1) is 0 Å². The maximum Gasteiger partial charge on any atom is 0.329 e. The summed E-state index contributed by atoms with van der Waals surface area (Å²) in [6, 6.07) is 8.08. The van der Waals surface area contributed by atoms with Crippen LogP contribution in [0.2, 0.25) is 18.1 Å². The Bertz CT molecular complexity index is 1560. The van der Waals surface area contributed by atoms with Crippen molar-refractivity contribution in [2.24, 2.45) is 0 Å². The number of rotatable bonds is 8. The lowest BCUT2D eigenvalue weighted by atomic mass is 9.83. The smallest absolute Gasteiger partial charge is 0.329 e. The Kier molecular flexibility index (Phi) is 7.48. The van der Waals surface area contributed by atoms with Gasteiger partial charge in [0, 0.05) is 42.4 Å². The van der Waals surface area contributed by atoms with Crippen LogP contribution in [-0.4, -0.2) is 61.4 Å². The van der Waals surface area contributed by atoms with E-state index in [2.05, 4.69) is 82.2 Å². The third-order valence-corrected chi connectivity index (χ3v) is 13.4. The molecule has 1 aromatic carbocycles. The molecule has 0 bridgehead atoms. The van der Waals surface area contributed by atoms with Crippen molar-refractivity contribution in [3.63, 3.8) is 0 Å². The van der Waals surface area contributed by atoms with Gasteiger partial charge in [0.25, 0.3) is 0 Å². The van der Waals surface area contributed by atoms with E-state index in [-0.39, 0.29) is 10.6 Å². The van der Waals surface area contributed by atoms with Crippen LogP contribution in [0.5, 0.6) is 5.88 Å². The van der Waals surface area contributed by atoms with Gasteiger partial charge in [0.05, 0.1) is 29.6 Å². The van der Waals surface area contributed by atoms with Gasteiger partial charge < -0.3 is 24.1 Å². The summed E-state index contributed by atoms with van der Waals surface area (Å²) >= 11 is 0. The van der Waals surface area contributed by atoms with E-state index in [4.69, 9.17) is 14.1 Å². The van der Waals surface area contributed by atoms with Crippen molar-refractivity contribution < 1.29 is 14.0 Å². The molecule has 2 aliphatic heterocycles. The zero-order chi connectivity index (χ0) is 30.5. The van der Waals surface area contributed by atoms with Crippen LogP contribution in [0.4, 0.5) is 17.3 Å². The summed E-state index contributed by atoms with van der Waals surface area (Å²) < 4.78 is 14.5. The molecule has 3 aromatic rings. The van der Waals surface area contributed by atoms with Crippen molar-refractivity contribution in [3.05, 3.63) is 41.7 Å². The summed E-state index contributed by atoms with van der Waals surface area (Å²) in [4.78, 5) is 22.7. The van der Waals surface area contributed by atoms with E-state index in [1.807, 2.05) is 21.6 Å². The maximum absolute atomic E-state index is 11.6. The lowest BCUT2D eigenvalue weighted by Crippen LogP contribution is -2.46. The molecule has 0 aliphatic carbocycles. The van der Waals surface area contributed by atoms with Gasteiger partial charge in [-0.1, -0.05) is 27.7 Å². The van der Waals surface area contributed by atoms with Crippen LogP contribution >= 0.6 is 0 Å². The van der Waals surface area contributed by atoms with Crippen molar-refractivity contribution in [2.75, 3.05) is 29.9 Å². The molecule has 2 aliphatic rings. The highest BCUT2D eigenvalue weighted by Crippen LogP contribution is 2.46. The fraction of sp³-hybridized carbons (Fsp3) is 0.500. The lowest BCUT2D eigenvalue weighted by Gasteiger charge is -2.39. The number of carbonyl (C=O) groups is 1. The van der Waals surface area contributed by atoms with Crippen LogP contribution in [-0.2, 0) is 20.2 Å². The number of nitrogens with zero attached hydrogens (tertiary/aromatic N) is 6. The van der Waals surface area contributed by atoms with Crippen molar-refractivity contribution >= 4 is 39.2 Å². The average molecular weight is 585 g/mol. The number of nitrogens with one attached hydrogen (secondary N) is 1. The Hall–Kier alpha value is -3.69. The Morgan fingerprint density at radius 2 is 2.05 bits per heavy atom. The van der Waals surface area contributed by atoms with E-state index in [1.165, 1.54) is 7.41 Å².